The van der Waals surface area contributed by atoms with Gasteiger partial charge in [-0.05, 0) is 61.4 Å². The molecule has 0 fully saturated rings. The van der Waals surface area contributed by atoms with Gasteiger partial charge in [0.15, 0.2) is 11.5 Å². The predicted octanol–water partition coefficient (Wildman–Crippen LogP) is 6.07. The Kier molecular flexibility index (Phi) is 6.93. The molecule has 0 aliphatic rings. The van der Waals surface area contributed by atoms with Gasteiger partial charge in [-0.25, -0.2) is 0 Å². The Balaban J connectivity index is 1.67. The van der Waals surface area contributed by atoms with E-state index in [4.69, 9.17) is 21.1 Å². The monoisotopic (exact) mass is 394 g/mol. The molecule has 0 spiro atoms. The van der Waals surface area contributed by atoms with Crippen molar-refractivity contribution in [1.82, 2.24) is 0 Å². The number of hydrogen-bond acceptors (Lipinski definition) is 4. The molecule has 3 rings (SSSR count). The highest BCUT2D eigenvalue weighted by molar-refractivity contribution is 6.30. The van der Waals surface area contributed by atoms with Crippen molar-refractivity contribution in [3.05, 3.63) is 88.4 Å². The summed E-state index contributed by atoms with van der Waals surface area (Å²) in [5.41, 5.74) is 7.04. The largest absolute Gasteiger partial charge is 0.490 e. The van der Waals surface area contributed by atoms with E-state index in [-0.39, 0.29) is 0 Å². The van der Waals surface area contributed by atoms with Gasteiger partial charge in [0.05, 0.1) is 18.5 Å². The fourth-order valence-corrected chi connectivity index (χ4v) is 2.77. The van der Waals surface area contributed by atoms with E-state index in [1.165, 1.54) is 5.56 Å². The molecule has 0 saturated carbocycles. The molecule has 0 bridgehead atoms. The van der Waals surface area contributed by atoms with E-state index in [1.54, 1.807) is 6.21 Å². The third kappa shape index (κ3) is 5.76. The molecule has 0 aliphatic heterocycles. The van der Waals surface area contributed by atoms with E-state index in [1.807, 2.05) is 49.4 Å². The summed E-state index contributed by atoms with van der Waals surface area (Å²) < 4.78 is 11.7. The molecular weight excluding hydrogens is 372 g/mol. The zero-order valence-electron chi connectivity index (χ0n) is 16.0. The molecule has 5 heteroatoms. The second-order valence-electron chi connectivity index (χ2n) is 6.29. The summed E-state index contributed by atoms with van der Waals surface area (Å²) in [5, 5.41) is 4.92. The maximum atomic E-state index is 5.97. The van der Waals surface area contributed by atoms with Crippen molar-refractivity contribution < 1.29 is 9.47 Å². The highest BCUT2D eigenvalue weighted by Crippen LogP contribution is 2.29. The molecule has 0 aromatic heterocycles. The van der Waals surface area contributed by atoms with Crippen LogP contribution in [0.1, 0.15) is 23.6 Å². The molecule has 4 nitrogen and oxygen atoms in total. The van der Waals surface area contributed by atoms with E-state index in [9.17, 15) is 0 Å². The van der Waals surface area contributed by atoms with E-state index < -0.39 is 0 Å². The summed E-state index contributed by atoms with van der Waals surface area (Å²) in [6.45, 7) is 5.07. The first-order valence-corrected chi connectivity index (χ1v) is 9.51. The third-order valence-electron chi connectivity index (χ3n) is 4.01. The van der Waals surface area contributed by atoms with Crippen molar-refractivity contribution in [3.8, 4) is 11.5 Å². The number of hydrogen-bond donors (Lipinski definition) is 1. The van der Waals surface area contributed by atoms with Gasteiger partial charge in [0.2, 0.25) is 0 Å². The number of nitrogens with one attached hydrogen (secondary N) is 1. The maximum absolute atomic E-state index is 5.97. The van der Waals surface area contributed by atoms with Crippen LogP contribution in [0.5, 0.6) is 11.5 Å². The Morgan fingerprint density at radius 3 is 2.54 bits per heavy atom. The molecule has 144 valence electrons. The number of rotatable bonds is 8. The van der Waals surface area contributed by atoms with Crippen molar-refractivity contribution in [2.75, 3.05) is 12.0 Å². The summed E-state index contributed by atoms with van der Waals surface area (Å²) in [4.78, 5) is 0. The van der Waals surface area contributed by atoms with Gasteiger partial charge in [-0.15, -0.1) is 0 Å². The Hall–Kier alpha value is -2.98. The molecular formula is C23H23ClN2O2. The van der Waals surface area contributed by atoms with Crippen molar-refractivity contribution in [2.45, 2.75) is 20.5 Å². The van der Waals surface area contributed by atoms with Gasteiger partial charge in [-0.3, -0.25) is 5.43 Å². The van der Waals surface area contributed by atoms with Gasteiger partial charge in [0, 0.05) is 5.02 Å². The van der Waals surface area contributed by atoms with Gasteiger partial charge in [-0.1, -0.05) is 47.5 Å². The first kappa shape index (κ1) is 19.8. The quantitative estimate of drug-likeness (QED) is 0.372. The predicted molar refractivity (Wildman–Crippen MR) is 116 cm³/mol. The molecule has 0 amide bonds. The molecule has 28 heavy (non-hydrogen) atoms. The van der Waals surface area contributed by atoms with Crippen LogP contribution in [0.3, 0.4) is 0 Å². The van der Waals surface area contributed by atoms with Gasteiger partial charge < -0.3 is 9.47 Å². The number of hydrazone groups is 1. The SMILES string of the molecule is CCOc1cc(C=NNc2cccc(Cl)c2)ccc1OCc1ccc(C)cc1. The van der Waals surface area contributed by atoms with Crippen LogP contribution in [0.15, 0.2) is 71.8 Å². The summed E-state index contributed by atoms with van der Waals surface area (Å²) in [6, 6.07) is 21.4. The zero-order valence-corrected chi connectivity index (χ0v) is 16.7. The molecule has 0 radical (unpaired) electrons. The number of ether oxygens (including phenoxy) is 2. The molecule has 0 saturated heterocycles. The summed E-state index contributed by atoms with van der Waals surface area (Å²) in [7, 11) is 0. The number of anilines is 1. The van der Waals surface area contributed by atoms with Crippen LogP contribution >= 0.6 is 11.6 Å². The standard InChI is InChI=1S/C23H23ClN2O2/c1-3-27-23-13-19(15-25-26-21-6-4-5-20(24)14-21)11-12-22(23)28-16-18-9-7-17(2)8-10-18/h4-15,26H,3,16H2,1-2H3. The summed E-state index contributed by atoms with van der Waals surface area (Å²) in [5.74, 6) is 1.41. The minimum Gasteiger partial charge on any atom is -0.490 e. The minimum absolute atomic E-state index is 0.490. The van der Waals surface area contributed by atoms with Crippen molar-refractivity contribution in [1.29, 1.82) is 0 Å². The van der Waals surface area contributed by atoms with Crippen LogP contribution in [0.2, 0.25) is 5.02 Å². The van der Waals surface area contributed by atoms with E-state index in [0.29, 0.717) is 29.7 Å². The highest BCUT2D eigenvalue weighted by Gasteiger charge is 2.06. The molecule has 0 unspecified atom stereocenters. The van der Waals surface area contributed by atoms with Crippen LogP contribution in [-0.4, -0.2) is 12.8 Å². The lowest BCUT2D eigenvalue weighted by Crippen LogP contribution is -2.00. The molecule has 3 aromatic carbocycles. The number of halogens is 1. The molecule has 0 atom stereocenters. The lowest BCUT2D eigenvalue weighted by atomic mass is 10.2. The normalized spacial score (nSPS) is 10.8. The van der Waals surface area contributed by atoms with Gasteiger partial charge in [0.25, 0.3) is 0 Å². The van der Waals surface area contributed by atoms with Gasteiger partial charge >= 0.3 is 0 Å². The zero-order chi connectivity index (χ0) is 19.8. The first-order chi connectivity index (χ1) is 13.6. The third-order valence-corrected chi connectivity index (χ3v) is 4.25. The van der Waals surface area contributed by atoms with Crippen LogP contribution in [-0.2, 0) is 6.61 Å². The Bertz CT molecular complexity index is 940. The Morgan fingerprint density at radius 2 is 1.79 bits per heavy atom. The van der Waals surface area contributed by atoms with Crippen LogP contribution in [0, 0.1) is 6.92 Å². The smallest absolute Gasteiger partial charge is 0.161 e. The second kappa shape index (κ2) is 9.81. The van der Waals surface area contributed by atoms with Gasteiger partial charge in [-0.2, -0.15) is 5.10 Å². The summed E-state index contributed by atoms with van der Waals surface area (Å²) >= 11 is 5.97. The second-order valence-corrected chi connectivity index (χ2v) is 6.73. The van der Waals surface area contributed by atoms with Crippen molar-refractivity contribution in [3.63, 3.8) is 0 Å². The summed E-state index contributed by atoms with van der Waals surface area (Å²) in [6.07, 6.45) is 1.73. The minimum atomic E-state index is 0.490. The first-order valence-electron chi connectivity index (χ1n) is 9.14. The van der Waals surface area contributed by atoms with E-state index >= 15 is 0 Å². The van der Waals surface area contributed by atoms with Crippen LogP contribution in [0.4, 0.5) is 5.69 Å². The number of nitrogens with zero attached hydrogens (tertiary/aromatic N) is 1. The van der Waals surface area contributed by atoms with Crippen LogP contribution < -0.4 is 14.9 Å². The maximum Gasteiger partial charge on any atom is 0.161 e. The number of aryl methyl sites for hydroxylation is 1. The topological polar surface area (TPSA) is 42.8 Å². The lowest BCUT2D eigenvalue weighted by molar-refractivity contribution is 0.269. The Labute approximate surface area is 170 Å². The van der Waals surface area contributed by atoms with Gasteiger partial charge in [0.1, 0.15) is 6.61 Å². The van der Waals surface area contributed by atoms with E-state index in [0.717, 1.165) is 16.8 Å². The van der Waals surface area contributed by atoms with Crippen LogP contribution in [0.25, 0.3) is 0 Å². The fourth-order valence-electron chi connectivity index (χ4n) is 2.58. The van der Waals surface area contributed by atoms with Crippen molar-refractivity contribution in [2.24, 2.45) is 5.10 Å². The Morgan fingerprint density at radius 1 is 0.964 bits per heavy atom. The lowest BCUT2D eigenvalue weighted by Gasteiger charge is -2.13. The highest BCUT2D eigenvalue weighted by atomic mass is 35.5. The average molecular weight is 395 g/mol. The number of benzene rings is 3. The molecule has 0 heterocycles. The van der Waals surface area contributed by atoms with E-state index in [2.05, 4.69) is 41.7 Å². The molecule has 1 N–H and O–H groups in total. The average Bonchev–Trinajstić information content (AvgIpc) is 2.69. The fraction of sp³-hybridized carbons (Fsp3) is 0.174. The van der Waals surface area contributed by atoms with Crippen molar-refractivity contribution >= 4 is 23.5 Å². The molecule has 3 aromatic rings. The molecule has 0 aliphatic carbocycles.